The molecule has 2 unspecified atom stereocenters. The molecule has 0 amide bonds. The molecular formula is C18H33NO2. The zero-order valence-corrected chi connectivity index (χ0v) is 13.7. The topological polar surface area (TPSA) is 38.3 Å². The molecule has 3 heteroatoms. The highest BCUT2D eigenvalue weighted by Gasteiger charge is 2.34. The van der Waals surface area contributed by atoms with E-state index in [-0.39, 0.29) is 0 Å². The average Bonchev–Trinajstić information content (AvgIpc) is 2.49. The first-order chi connectivity index (χ1) is 10.3. The van der Waals surface area contributed by atoms with Gasteiger partial charge in [-0.15, -0.1) is 0 Å². The van der Waals surface area contributed by atoms with Crippen molar-refractivity contribution in [1.82, 2.24) is 5.32 Å². The largest absolute Gasteiger partial charge is 0.378 e. The van der Waals surface area contributed by atoms with Crippen LogP contribution in [0.25, 0.3) is 0 Å². The molecule has 2 saturated heterocycles. The Morgan fingerprint density at radius 1 is 0.952 bits per heavy atom. The van der Waals surface area contributed by atoms with Crippen LogP contribution in [0.1, 0.15) is 77.6 Å². The van der Waals surface area contributed by atoms with Crippen molar-refractivity contribution in [1.29, 1.82) is 0 Å². The summed E-state index contributed by atoms with van der Waals surface area (Å²) >= 11 is 0. The predicted molar refractivity (Wildman–Crippen MR) is 86.5 cm³/mol. The van der Waals surface area contributed by atoms with E-state index in [0.29, 0.717) is 23.8 Å². The lowest BCUT2D eigenvalue weighted by Gasteiger charge is -2.39. The number of ether oxygens (including phenoxy) is 1. The van der Waals surface area contributed by atoms with Gasteiger partial charge >= 0.3 is 0 Å². The summed E-state index contributed by atoms with van der Waals surface area (Å²) in [4.78, 5) is 12.3. The maximum Gasteiger partial charge on any atom is 0.136 e. The van der Waals surface area contributed by atoms with E-state index in [1.165, 1.54) is 44.9 Å². The van der Waals surface area contributed by atoms with Gasteiger partial charge in [0.2, 0.25) is 0 Å². The van der Waals surface area contributed by atoms with Crippen LogP contribution in [0.15, 0.2) is 0 Å². The summed E-state index contributed by atoms with van der Waals surface area (Å²) < 4.78 is 5.54. The number of Topliss-reactive ketones (excluding diaryl/α,β-unsaturated/α-hetero) is 1. The van der Waals surface area contributed by atoms with Gasteiger partial charge in [0.05, 0.1) is 13.2 Å². The van der Waals surface area contributed by atoms with Crippen LogP contribution in [0.2, 0.25) is 0 Å². The van der Waals surface area contributed by atoms with E-state index in [9.17, 15) is 4.79 Å². The molecule has 0 aromatic carbocycles. The molecule has 0 saturated carbocycles. The number of carbonyl (C=O) groups is 1. The van der Waals surface area contributed by atoms with Crippen molar-refractivity contribution in [3.8, 4) is 0 Å². The molecule has 1 N–H and O–H groups in total. The van der Waals surface area contributed by atoms with Crippen LogP contribution < -0.4 is 5.32 Å². The molecule has 2 aliphatic heterocycles. The quantitative estimate of drug-likeness (QED) is 0.622. The Morgan fingerprint density at radius 3 is 2.14 bits per heavy atom. The molecule has 2 atom stereocenters. The molecule has 0 radical (unpaired) electrons. The fourth-order valence-corrected chi connectivity index (χ4v) is 3.74. The SMILES string of the molecule is CCCCCCCCCCC(=O)C1CC2COCC(C1)N2. The van der Waals surface area contributed by atoms with Crippen molar-refractivity contribution in [2.24, 2.45) is 5.92 Å². The number of morpholine rings is 1. The number of piperidine rings is 1. The Labute approximate surface area is 130 Å². The minimum absolute atomic E-state index is 0.301. The Bertz CT molecular complexity index is 294. The normalized spacial score (nSPS) is 28.5. The molecular weight excluding hydrogens is 262 g/mol. The molecule has 0 aromatic rings. The van der Waals surface area contributed by atoms with Crippen LogP contribution in [0.3, 0.4) is 0 Å². The molecule has 21 heavy (non-hydrogen) atoms. The first-order valence-corrected chi connectivity index (χ1v) is 9.16. The van der Waals surface area contributed by atoms with Crippen molar-refractivity contribution in [2.75, 3.05) is 13.2 Å². The second-order valence-electron chi connectivity index (χ2n) is 6.96. The van der Waals surface area contributed by atoms with Gasteiger partial charge in [0.15, 0.2) is 0 Å². The number of ketones is 1. The van der Waals surface area contributed by atoms with Gasteiger partial charge in [-0.2, -0.15) is 0 Å². The standard InChI is InChI=1S/C18H33NO2/c1-2-3-4-5-6-7-8-9-10-18(20)15-11-16-13-21-14-17(12-15)19-16/h15-17,19H,2-14H2,1H3. The highest BCUT2D eigenvalue weighted by atomic mass is 16.5. The highest BCUT2D eigenvalue weighted by molar-refractivity contribution is 5.81. The van der Waals surface area contributed by atoms with Gasteiger partial charge in [-0.3, -0.25) is 4.79 Å². The summed E-state index contributed by atoms with van der Waals surface area (Å²) in [6.07, 6.45) is 13.2. The molecule has 0 aliphatic carbocycles. The van der Waals surface area contributed by atoms with Gasteiger partial charge in [0.25, 0.3) is 0 Å². The Hall–Kier alpha value is -0.410. The summed E-state index contributed by atoms with van der Waals surface area (Å²) in [6.45, 7) is 3.84. The molecule has 122 valence electrons. The second kappa shape index (κ2) is 9.58. The van der Waals surface area contributed by atoms with Gasteiger partial charge in [-0.1, -0.05) is 51.9 Å². The smallest absolute Gasteiger partial charge is 0.136 e. The molecule has 3 nitrogen and oxygen atoms in total. The molecule has 2 bridgehead atoms. The Kier molecular flexibility index (Phi) is 7.73. The summed E-state index contributed by atoms with van der Waals surface area (Å²) in [5.41, 5.74) is 0. The first kappa shape index (κ1) is 17.0. The first-order valence-electron chi connectivity index (χ1n) is 9.16. The lowest BCUT2D eigenvalue weighted by Crippen LogP contribution is -2.55. The monoisotopic (exact) mass is 295 g/mol. The maximum atomic E-state index is 12.3. The maximum absolute atomic E-state index is 12.3. The van der Waals surface area contributed by atoms with Gasteiger partial charge in [-0.25, -0.2) is 0 Å². The van der Waals surface area contributed by atoms with Crippen molar-refractivity contribution < 1.29 is 9.53 Å². The number of fused-ring (bicyclic) bond motifs is 2. The van der Waals surface area contributed by atoms with Crippen LogP contribution in [-0.2, 0) is 9.53 Å². The molecule has 2 rings (SSSR count). The van der Waals surface area contributed by atoms with E-state index < -0.39 is 0 Å². The number of hydrogen-bond acceptors (Lipinski definition) is 3. The van der Waals surface area contributed by atoms with E-state index in [2.05, 4.69) is 12.2 Å². The third-order valence-electron chi connectivity index (χ3n) is 4.98. The van der Waals surface area contributed by atoms with Crippen molar-refractivity contribution >= 4 is 5.78 Å². The van der Waals surface area contributed by atoms with Crippen LogP contribution in [-0.4, -0.2) is 31.1 Å². The van der Waals surface area contributed by atoms with Crippen molar-refractivity contribution in [2.45, 2.75) is 89.6 Å². The molecule has 2 fully saturated rings. The van der Waals surface area contributed by atoms with Crippen molar-refractivity contribution in [3.63, 3.8) is 0 Å². The van der Waals surface area contributed by atoms with Crippen LogP contribution in [0.5, 0.6) is 0 Å². The predicted octanol–water partition coefficient (Wildman–Crippen LogP) is 3.85. The zero-order valence-electron chi connectivity index (χ0n) is 13.7. The average molecular weight is 295 g/mol. The fourth-order valence-electron chi connectivity index (χ4n) is 3.74. The van der Waals surface area contributed by atoms with Crippen molar-refractivity contribution in [3.05, 3.63) is 0 Å². The van der Waals surface area contributed by atoms with E-state index in [1.54, 1.807) is 0 Å². The van der Waals surface area contributed by atoms with Gasteiger partial charge < -0.3 is 10.1 Å². The Morgan fingerprint density at radius 2 is 1.52 bits per heavy atom. The molecule has 2 heterocycles. The summed E-state index contributed by atoms with van der Waals surface area (Å²) in [5.74, 6) is 0.814. The van der Waals surface area contributed by atoms with Crippen LogP contribution in [0.4, 0.5) is 0 Å². The van der Waals surface area contributed by atoms with Gasteiger partial charge in [-0.05, 0) is 19.3 Å². The van der Waals surface area contributed by atoms with Gasteiger partial charge in [0, 0.05) is 24.4 Å². The number of carbonyl (C=O) groups excluding carboxylic acids is 1. The third-order valence-corrected chi connectivity index (χ3v) is 4.98. The van der Waals surface area contributed by atoms with E-state index in [1.807, 2.05) is 0 Å². The number of hydrogen-bond donors (Lipinski definition) is 1. The zero-order chi connectivity index (χ0) is 14.9. The minimum atomic E-state index is 0.301. The third kappa shape index (κ3) is 6.07. The van der Waals surface area contributed by atoms with Crippen LogP contribution in [0, 0.1) is 5.92 Å². The second-order valence-corrected chi connectivity index (χ2v) is 6.96. The number of unbranched alkanes of at least 4 members (excludes halogenated alkanes) is 7. The molecule has 0 aromatic heterocycles. The lowest BCUT2D eigenvalue weighted by atomic mass is 9.83. The Balaban J connectivity index is 1.51. The highest BCUT2D eigenvalue weighted by Crippen LogP contribution is 2.26. The number of rotatable bonds is 10. The fraction of sp³-hybridized carbons (Fsp3) is 0.944. The molecule has 0 spiro atoms. The van der Waals surface area contributed by atoms with Crippen LogP contribution >= 0.6 is 0 Å². The summed E-state index contributed by atoms with van der Waals surface area (Å²) in [5, 5.41) is 3.56. The molecule has 2 aliphatic rings. The number of nitrogens with one attached hydrogen (secondary N) is 1. The van der Waals surface area contributed by atoms with Gasteiger partial charge in [0.1, 0.15) is 5.78 Å². The minimum Gasteiger partial charge on any atom is -0.378 e. The van der Waals surface area contributed by atoms with E-state index in [0.717, 1.165) is 38.9 Å². The van der Waals surface area contributed by atoms with E-state index in [4.69, 9.17) is 4.74 Å². The summed E-state index contributed by atoms with van der Waals surface area (Å²) in [6, 6.07) is 0.843. The van der Waals surface area contributed by atoms with E-state index >= 15 is 0 Å². The summed E-state index contributed by atoms with van der Waals surface area (Å²) in [7, 11) is 0. The lowest BCUT2D eigenvalue weighted by molar-refractivity contribution is -0.126.